The second kappa shape index (κ2) is 6.55. The monoisotopic (exact) mass is 299 g/mol. The molecule has 0 bridgehead atoms. The molecule has 0 atom stereocenters. The molecular weight excluding hydrogens is 278 g/mol. The normalized spacial score (nSPS) is 11.5. The van der Waals surface area contributed by atoms with Crippen LogP contribution < -0.4 is 5.19 Å². The number of halogens is 1. The highest BCUT2D eigenvalue weighted by Gasteiger charge is 2.27. The van der Waals surface area contributed by atoms with E-state index in [0.717, 1.165) is 5.19 Å². The fraction of sp³-hybridized carbons (Fsp3) is 0.500. The molecule has 0 saturated carbocycles. The van der Waals surface area contributed by atoms with Crippen molar-refractivity contribution >= 4 is 30.8 Å². The minimum absolute atomic E-state index is 0.0487. The van der Waals surface area contributed by atoms with E-state index >= 15 is 0 Å². The first kappa shape index (κ1) is 16.2. The summed E-state index contributed by atoms with van der Waals surface area (Å²) in [6, 6.07) is 5.71. The average molecular weight is 300 g/mol. The summed E-state index contributed by atoms with van der Waals surface area (Å²) in [6.45, 7) is 9.45. The number of benzene rings is 1. The van der Waals surface area contributed by atoms with E-state index in [-0.39, 0.29) is 12.6 Å². The Morgan fingerprint density at radius 3 is 2.47 bits per heavy atom. The average Bonchev–Trinajstić information content (AvgIpc) is 2.33. The highest BCUT2D eigenvalue weighted by molar-refractivity contribution is 6.89. The summed E-state index contributed by atoms with van der Waals surface area (Å²) >= 11 is 6.27. The van der Waals surface area contributed by atoms with Crippen LogP contribution in [0, 0.1) is 0 Å². The summed E-state index contributed by atoms with van der Waals surface area (Å²) in [7, 11) is -0.0411. The Morgan fingerprint density at radius 2 is 2.00 bits per heavy atom. The van der Waals surface area contributed by atoms with Crippen molar-refractivity contribution in [2.24, 2.45) is 0 Å². The summed E-state index contributed by atoms with van der Waals surface area (Å²) in [5.74, 6) is -0.0487. The van der Waals surface area contributed by atoms with Gasteiger partial charge in [0.15, 0.2) is 0 Å². The SMILES string of the molecule is CCN(COC)C(=O)c1c(Cl)cccc1[Si](C)(C)C. The Hall–Kier alpha value is -0.843. The molecule has 0 N–H and O–H groups in total. The van der Waals surface area contributed by atoms with Crippen LogP contribution in [-0.4, -0.2) is 39.3 Å². The van der Waals surface area contributed by atoms with Gasteiger partial charge in [-0.3, -0.25) is 4.79 Å². The molecule has 1 aromatic carbocycles. The summed E-state index contributed by atoms with van der Waals surface area (Å²) in [5.41, 5.74) is 0.641. The Bertz CT molecular complexity index is 457. The fourth-order valence-electron chi connectivity index (χ4n) is 1.97. The maximum Gasteiger partial charge on any atom is 0.257 e. The van der Waals surface area contributed by atoms with E-state index in [0.29, 0.717) is 17.1 Å². The molecular formula is C14H22ClNO2Si. The molecule has 0 unspecified atom stereocenters. The van der Waals surface area contributed by atoms with Crippen molar-refractivity contribution in [3.05, 3.63) is 28.8 Å². The Morgan fingerprint density at radius 1 is 1.37 bits per heavy atom. The minimum atomic E-state index is -1.63. The summed E-state index contributed by atoms with van der Waals surface area (Å²) < 4.78 is 5.08. The van der Waals surface area contributed by atoms with E-state index in [9.17, 15) is 4.79 Å². The third kappa shape index (κ3) is 3.81. The van der Waals surface area contributed by atoms with E-state index in [2.05, 4.69) is 19.6 Å². The number of methoxy groups -OCH3 is 1. The van der Waals surface area contributed by atoms with Crippen LogP contribution in [0.3, 0.4) is 0 Å². The zero-order valence-corrected chi connectivity index (χ0v) is 14.0. The molecule has 5 heteroatoms. The molecule has 1 aromatic rings. The second-order valence-electron chi connectivity index (χ2n) is 5.49. The fourth-order valence-corrected chi connectivity index (χ4v) is 3.90. The Balaban J connectivity index is 3.29. The number of rotatable bonds is 5. The van der Waals surface area contributed by atoms with Gasteiger partial charge in [-0.05, 0) is 18.2 Å². The van der Waals surface area contributed by atoms with Gasteiger partial charge in [0.1, 0.15) is 6.73 Å². The van der Waals surface area contributed by atoms with Crippen molar-refractivity contribution in [3.8, 4) is 0 Å². The van der Waals surface area contributed by atoms with Crippen LogP contribution in [-0.2, 0) is 4.74 Å². The third-order valence-corrected chi connectivity index (χ3v) is 5.34. The number of hydrogen-bond acceptors (Lipinski definition) is 2. The first-order valence-electron chi connectivity index (χ1n) is 6.40. The van der Waals surface area contributed by atoms with Gasteiger partial charge in [0.2, 0.25) is 0 Å². The molecule has 1 rings (SSSR count). The van der Waals surface area contributed by atoms with Gasteiger partial charge in [0.05, 0.1) is 18.7 Å². The van der Waals surface area contributed by atoms with Gasteiger partial charge in [0.25, 0.3) is 5.91 Å². The first-order chi connectivity index (χ1) is 8.82. The molecule has 0 saturated heterocycles. The molecule has 106 valence electrons. The molecule has 0 aliphatic carbocycles. The lowest BCUT2D eigenvalue weighted by molar-refractivity contribution is 0.0438. The molecule has 19 heavy (non-hydrogen) atoms. The molecule has 0 aliphatic rings. The third-order valence-electron chi connectivity index (χ3n) is 2.99. The number of carbonyl (C=O) groups is 1. The van der Waals surface area contributed by atoms with E-state index in [1.54, 1.807) is 18.1 Å². The summed E-state index contributed by atoms with van der Waals surface area (Å²) in [4.78, 5) is 14.3. The molecule has 0 aromatic heterocycles. The van der Waals surface area contributed by atoms with Gasteiger partial charge >= 0.3 is 0 Å². The number of ether oxygens (including phenoxy) is 1. The predicted molar refractivity (Wildman–Crippen MR) is 83.0 cm³/mol. The highest BCUT2D eigenvalue weighted by Crippen LogP contribution is 2.19. The predicted octanol–water partition coefficient (Wildman–Crippen LogP) is 2.95. The van der Waals surface area contributed by atoms with Gasteiger partial charge in [0, 0.05) is 13.7 Å². The quantitative estimate of drug-likeness (QED) is 0.618. The van der Waals surface area contributed by atoms with Crippen molar-refractivity contribution in [2.45, 2.75) is 26.6 Å². The number of amides is 1. The van der Waals surface area contributed by atoms with Gasteiger partial charge in [-0.1, -0.05) is 43.4 Å². The van der Waals surface area contributed by atoms with Gasteiger partial charge in [-0.15, -0.1) is 0 Å². The van der Waals surface area contributed by atoms with Gasteiger partial charge in [-0.2, -0.15) is 0 Å². The van der Waals surface area contributed by atoms with Crippen LogP contribution in [0.15, 0.2) is 18.2 Å². The lowest BCUT2D eigenvalue weighted by Crippen LogP contribution is -2.45. The standard InChI is InChI=1S/C14H22ClNO2Si/c1-6-16(10-18-2)14(17)13-11(15)8-7-9-12(13)19(3,4)5/h7-9H,6,10H2,1-5H3. The van der Waals surface area contributed by atoms with E-state index in [1.165, 1.54) is 0 Å². The Labute approximate surface area is 121 Å². The Kier molecular flexibility index (Phi) is 5.59. The number of hydrogen-bond donors (Lipinski definition) is 0. The zero-order valence-electron chi connectivity index (χ0n) is 12.3. The van der Waals surface area contributed by atoms with Crippen LogP contribution in [0.25, 0.3) is 0 Å². The van der Waals surface area contributed by atoms with Crippen molar-refractivity contribution in [3.63, 3.8) is 0 Å². The molecule has 3 nitrogen and oxygen atoms in total. The summed E-state index contributed by atoms with van der Waals surface area (Å²) in [5, 5.41) is 1.62. The van der Waals surface area contributed by atoms with E-state index in [1.807, 2.05) is 19.1 Å². The molecule has 0 aliphatic heterocycles. The van der Waals surface area contributed by atoms with Crippen molar-refractivity contribution in [1.29, 1.82) is 0 Å². The lowest BCUT2D eigenvalue weighted by Gasteiger charge is -2.26. The molecule has 0 heterocycles. The van der Waals surface area contributed by atoms with Crippen LogP contribution in [0.2, 0.25) is 24.7 Å². The smallest absolute Gasteiger partial charge is 0.257 e. The van der Waals surface area contributed by atoms with Crippen molar-refractivity contribution in [1.82, 2.24) is 4.90 Å². The van der Waals surface area contributed by atoms with Crippen molar-refractivity contribution < 1.29 is 9.53 Å². The first-order valence-corrected chi connectivity index (χ1v) is 10.3. The minimum Gasteiger partial charge on any atom is -0.364 e. The summed E-state index contributed by atoms with van der Waals surface area (Å²) in [6.07, 6.45) is 0. The molecule has 1 amide bonds. The zero-order chi connectivity index (χ0) is 14.6. The maximum atomic E-state index is 12.6. The van der Waals surface area contributed by atoms with E-state index in [4.69, 9.17) is 16.3 Å². The maximum absolute atomic E-state index is 12.6. The number of carbonyl (C=O) groups excluding carboxylic acids is 1. The van der Waals surface area contributed by atoms with Gasteiger partial charge < -0.3 is 9.64 Å². The molecule has 0 radical (unpaired) electrons. The van der Waals surface area contributed by atoms with Crippen LogP contribution in [0.1, 0.15) is 17.3 Å². The second-order valence-corrected chi connectivity index (χ2v) is 10.9. The van der Waals surface area contributed by atoms with Crippen LogP contribution >= 0.6 is 11.6 Å². The van der Waals surface area contributed by atoms with E-state index < -0.39 is 8.07 Å². The molecule has 0 spiro atoms. The number of nitrogens with zero attached hydrogens (tertiary/aromatic N) is 1. The lowest BCUT2D eigenvalue weighted by atomic mass is 10.2. The molecule has 0 fully saturated rings. The van der Waals surface area contributed by atoms with Gasteiger partial charge in [-0.25, -0.2) is 0 Å². The topological polar surface area (TPSA) is 29.5 Å². The van der Waals surface area contributed by atoms with Crippen LogP contribution in [0.5, 0.6) is 0 Å². The largest absolute Gasteiger partial charge is 0.364 e. The van der Waals surface area contributed by atoms with Crippen molar-refractivity contribution in [2.75, 3.05) is 20.4 Å². The van der Waals surface area contributed by atoms with Crippen LogP contribution in [0.4, 0.5) is 0 Å². The highest BCUT2D eigenvalue weighted by atomic mass is 35.5.